The highest BCUT2D eigenvalue weighted by atomic mass is 32.1. The molecule has 3 aromatic carbocycles. The Bertz CT molecular complexity index is 5150. The smallest absolute Gasteiger partial charge is 0.325 e. The third-order valence-corrected chi connectivity index (χ3v) is 23.2. The number of aliphatic hydroxyl groups excluding tert-OH is 1. The summed E-state index contributed by atoms with van der Waals surface area (Å²) in [6.45, 7) is 12.9. The van der Waals surface area contributed by atoms with Crippen LogP contribution in [0.25, 0.3) is 21.8 Å². The van der Waals surface area contributed by atoms with Crippen molar-refractivity contribution < 1.29 is 106 Å². The first-order valence-corrected chi connectivity index (χ1v) is 47.1. The fourth-order valence-electron chi connectivity index (χ4n) is 15.1. The quantitative estimate of drug-likeness (QED) is 0.00757. The number of carbonyl (C=O) groups is 19. The second-order valence-electron chi connectivity index (χ2n) is 35.7. The van der Waals surface area contributed by atoms with Gasteiger partial charge in [-0.1, -0.05) is 104 Å². The van der Waals surface area contributed by atoms with E-state index in [4.69, 9.17) is 22.6 Å². The van der Waals surface area contributed by atoms with Gasteiger partial charge < -0.3 is 138 Å². The van der Waals surface area contributed by atoms with Crippen LogP contribution in [-0.2, 0) is 110 Å². The molecule has 0 aliphatic carbocycles. The van der Waals surface area contributed by atoms with Crippen molar-refractivity contribution in [1.29, 1.82) is 5.41 Å². The molecule has 139 heavy (non-hydrogen) atoms. The molecule has 0 radical (unpaired) electrons. The second-order valence-corrected chi connectivity index (χ2v) is 36.4. The third-order valence-electron chi connectivity index (χ3n) is 22.5. The number of nitrogens with zero attached hydrogens (tertiary/aromatic N) is 1. The molecule has 6 rings (SSSR count). The summed E-state index contributed by atoms with van der Waals surface area (Å²) < 4.78 is 0. The number of carbonyl (C=O) groups excluding carboxylic acids is 18. The predicted octanol–water partition coefficient (Wildman–Crippen LogP) is -4.35. The zero-order chi connectivity index (χ0) is 103. The van der Waals surface area contributed by atoms with Crippen LogP contribution in [0, 0.1) is 29.1 Å². The number of phenols is 1. The molecule has 3 heterocycles. The number of hydrogen-bond donors (Lipinski definition) is 28. The van der Waals surface area contributed by atoms with Crippen LogP contribution in [0.4, 0.5) is 0 Å². The molecule has 5 aromatic rings. The molecule has 18 amide bonds. The molecule has 0 saturated carbocycles. The number of para-hydroxylation sites is 2. The first-order valence-electron chi connectivity index (χ1n) is 45.8. The molecule has 1 aliphatic rings. The molecule has 0 unspecified atom stereocenters. The Morgan fingerprint density at radius 2 is 0.878 bits per heavy atom. The van der Waals surface area contributed by atoms with Crippen LogP contribution in [0.5, 0.6) is 5.75 Å². The molecular weight excluding hydrogens is 1850 g/mol. The van der Waals surface area contributed by atoms with Gasteiger partial charge in [0.1, 0.15) is 90.3 Å². The number of thiol groups is 2. The van der Waals surface area contributed by atoms with Crippen LogP contribution in [0.1, 0.15) is 144 Å². The van der Waals surface area contributed by atoms with E-state index in [2.05, 4.69) is 126 Å². The van der Waals surface area contributed by atoms with Gasteiger partial charge in [0.25, 0.3) is 0 Å². The SMILES string of the molecule is CC(C)C[C@H](NC(=O)[C@H](CO)NC(=O)[C@H](CCC(N)=O)NC(=O)[C@H](CS)NC(=O)[C@@H](N)CC(C)C)C(=O)NCC(=O)N[C@H](C(=O)N[C@@H](CCCNC(=N)N)C(=O)N[C@@H](Cc1ccc(O)cc1)C(=O)N1CCC[C@H]1C(=O)NCC(=O)N[C@@H](Cc1c[nH]c2ccccc12)C(=O)N[C@@H](CC(C)C)C(=O)N[C@@H](C)C(=O)NCC(=O)N[C@@H](Cc1c[nH]c2ccccc12)C(=O)N[C@@H](CS)C(=O)N[C@@H](C)C(=O)O)C(C)C. The van der Waals surface area contributed by atoms with E-state index >= 15 is 4.79 Å². The number of guanidine groups is 1. The number of benzene rings is 3. The van der Waals surface area contributed by atoms with E-state index in [0.717, 1.165) is 0 Å². The van der Waals surface area contributed by atoms with Crippen LogP contribution in [0.15, 0.2) is 85.2 Å². The molecule has 0 bridgehead atoms. The second kappa shape index (κ2) is 56.3. The monoisotopic (exact) mass is 1980 g/mol. The lowest BCUT2D eigenvalue weighted by molar-refractivity contribution is -0.142. The van der Waals surface area contributed by atoms with E-state index < -0.39 is 254 Å². The number of carboxylic acids is 1. The predicted molar refractivity (Wildman–Crippen MR) is 517 cm³/mol. The number of aromatic nitrogens is 2. The average molecular weight is 1980 g/mol. The minimum atomic E-state index is -1.78. The molecule has 2 aromatic heterocycles. The van der Waals surface area contributed by atoms with Gasteiger partial charge in [-0.3, -0.25) is 96.5 Å². The lowest BCUT2D eigenvalue weighted by atomic mass is 10.0. The summed E-state index contributed by atoms with van der Waals surface area (Å²) in [6.07, 6.45) is 2.21. The van der Waals surface area contributed by atoms with Crippen molar-refractivity contribution in [3.05, 3.63) is 102 Å². The Morgan fingerprint density at radius 1 is 0.453 bits per heavy atom. The molecule has 1 aliphatic heterocycles. The molecular formula is C91H134N24O22S2. The number of aliphatic carboxylic acids is 1. The first kappa shape index (κ1) is 114. The van der Waals surface area contributed by atoms with Crippen molar-refractivity contribution >= 4 is 165 Å². The number of amides is 18. The number of fused-ring (bicyclic) bond motifs is 2. The van der Waals surface area contributed by atoms with Crippen molar-refractivity contribution in [3.8, 4) is 5.75 Å². The zero-order valence-electron chi connectivity index (χ0n) is 79.4. The number of aliphatic hydroxyl groups is 1. The number of aromatic amines is 2. The number of primary amides is 1. The average Bonchev–Trinajstić information content (AvgIpc) is 1.71. The summed E-state index contributed by atoms with van der Waals surface area (Å²) in [5, 5.41) is 82.2. The Labute approximate surface area is 814 Å². The summed E-state index contributed by atoms with van der Waals surface area (Å²) in [5.74, 6) is -19.8. The molecule has 15 atom stereocenters. The van der Waals surface area contributed by atoms with Gasteiger partial charge in [-0.05, 0) is 130 Å². The van der Waals surface area contributed by atoms with Crippen LogP contribution >= 0.6 is 25.3 Å². The first-order chi connectivity index (χ1) is 65.7. The zero-order valence-corrected chi connectivity index (χ0v) is 81.2. The summed E-state index contributed by atoms with van der Waals surface area (Å²) in [7, 11) is 0. The van der Waals surface area contributed by atoms with Gasteiger partial charge in [-0.2, -0.15) is 25.3 Å². The van der Waals surface area contributed by atoms with E-state index in [1.54, 1.807) is 102 Å². The fraction of sp³-hybridized carbons (Fsp3) is 0.538. The molecule has 762 valence electrons. The van der Waals surface area contributed by atoms with Crippen LogP contribution in [-0.4, -0.2) is 290 Å². The van der Waals surface area contributed by atoms with E-state index in [9.17, 15) is 102 Å². The molecule has 48 heteroatoms. The number of phenolic OH excluding ortho intramolecular Hbond substituents is 1. The van der Waals surface area contributed by atoms with Gasteiger partial charge in [-0.15, -0.1) is 0 Å². The summed E-state index contributed by atoms with van der Waals surface area (Å²) in [5.41, 5.74) is 19.9. The minimum Gasteiger partial charge on any atom is -0.508 e. The highest BCUT2D eigenvalue weighted by Crippen LogP contribution is 2.25. The number of hydrogen-bond acceptors (Lipinski definition) is 25. The van der Waals surface area contributed by atoms with Crippen molar-refractivity contribution in [1.82, 2.24) is 105 Å². The molecule has 29 N–H and O–H groups in total. The van der Waals surface area contributed by atoms with Crippen LogP contribution in [0.2, 0.25) is 0 Å². The standard InChI is InChI=1S/C91H134N24O22S2/c1-45(2)31-57(92)77(123)112-69(44-139)86(132)106-61(27-28-71(93)118)80(126)111-67(42-116)84(130)108-62(32-46(3)4)78(124)100-41-74(121)114-75(48(7)8)88(134)107-60(21-15-29-96-91(94)95)79(125)110-66(34-51-23-25-54(117)26-24-51)89(135)115-30-16-22-70(115)87(133)101-40-73(120)104-64(35-52-37-97-58-19-13-11-17-55(52)58)82(128)109-63(33-47(5)6)81(127)102-49(9)76(122)99-39-72(119)105-65(36-53-38-98-59-20-14-12-18-56(53)59)83(129)113-68(43-138)85(131)103-50(10)90(136)137/h11-14,17-20,23-26,37-38,45-50,57,60-70,75,97-98,116-117,138-139H,15-16,21-22,27-36,39-44,92H2,1-10H3,(H2,93,118)(H,99,122)(H,100,124)(H,101,133)(H,102,127)(H,103,131)(H,104,120)(H,105,119)(H,106,132)(H,107,134)(H,108,130)(H,109,128)(H,110,125)(H,111,126)(H,112,123)(H,113,129)(H,114,121)(H,136,137)(H4,94,95,96)/t49-,50-,57-,60-,61-,62-,63-,64-,65-,66-,67-,68-,69-,70-,75-/m0/s1. The normalized spacial score (nSPS) is 15.4. The Balaban J connectivity index is 1.13. The van der Waals surface area contributed by atoms with Crippen molar-refractivity contribution in [2.45, 2.75) is 237 Å². The molecule has 46 nitrogen and oxygen atoms in total. The molecule has 0 spiro atoms. The Hall–Kier alpha value is -13.6. The summed E-state index contributed by atoms with van der Waals surface area (Å²) >= 11 is 8.34. The minimum absolute atomic E-state index is 0.00225. The Kier molecular flexibility index (Phi) is 46.2. The van der Waals surface area contributed by atoms with Crippen molar-refractivity contribution in [2.75, 3.05) is 50.8 Å². The van der Waals surface area contributed by atoms with Gasteiger partial charge in [0.2, 0.25) is 106 Å². The van der Waals surface area contributed by atoms with E-state index in [0.29, 0.717) is 38.5 Å². The number of likely N-dealkylation sites (tertiary alicyclic amines) is 1. The maximum atomic E-state index is 15.2. The lowest BCUT2D eigenvalue weighted by Gasteiger charge is -2.30. The van der Waals surface area contributed by atoms with Crippen molar-refractivity contribution in [2.24, 2.45) is 40.9 Å². The highest BCUT2D eigenvalue weighted by Gasteiger charge is 2.42. The maximum absolute atomic E-state index is 15.2. The lowest BCUT2D eigenvalue weighted by Crippen LogP contribution is -2.60. The highest BCUT2D eigenvalue weighted by molar-refractivity contribution is 7.80. The number of nitrogens with two attached hydrogens (primary N) is 3. The van der Waals surface area contributed by atoms with Gasteiger partial charge in [0, 0.05) is 84.5 Å². The van der Waals surface area contributed by atoms with E-state index in [1.165, 1.54) is 43.0 Å². The largest absolute Gasteiger partial charge is 0.508 e. The summed E-state index contributed by atoms with van der Waals surface area (Å²) in [4.78, 5) is 270. The van der Waals surface area contributed by atoms with Gasteiger partial charge >= 0.3 is 5.97 Å². The Morgan fingerprint density at radius 3 is 1.38 bits per heavy atom. The summed E-state index contributed by atoms with van der Waals surface area (Å²) in [6, 6.07) is -1.23. The fourth-order valence-corrected chi connectivity index (χ4v) is 15.6. The topological polar surface area (TPSA) is 726 Å². The number of H-pyrrole nitrogens is 2. The van der Waals surface area contributed by atoms with Crippen molar-refractivity contribution in [3.63, 3.8) is 0 Å². The van der Waals surface area contributed by atoms with Gasteiger partial charge in [0.15, 0.2) is 5.96 Å². The van der Waals surface area contributed by atoms with Crippen LogP contribution in [0.3, 0.4) is 0 Å². The van der Waals surface area contributed by atoms with E-state index in [1.807, 2.05) is 13.8 Å². The molecule has 1 fully saturated rings. The molecule has 1 saturated heterocycles. The number of nitrogens with one attached hydrogen (secondary N) is 20. The third kappa shape index (κ3) is 37.3. The number of aromatic hydroxyl groups is 1. The maximum Gasteiger partial charge on any atom is 0.325 e. The van der Waals surface area contributed by atoms with E-state index in [-0.39, 0.29) is 112 Å². The van der Waals surface area contributed by atoms with Gasteiger partial charge in [0.05, 0.1) is 32.3 Å². The van der Waals surface area contributed by atoms with Gasteiger partial charge in [-0.25, -0.2) is 0 Å². The van der Waals surface area contributed by atoms with Crippen LogP contribution < -0.4 is 108 Å². The number of rotatable bonds is 57. The number of carboxylic acid groups (broad SMARTS) is 1.